The summed E-state index contributed by atoms with van der Waals surface area (Å²) in [6.07, 6.45) is 0.810. The van der Waals surface area contributed by atoms with Gasteiger partial charge >= 0.3 is 0 Å². The molecule has 8 nitrogen and oxygen atoms in total. The average Bonchev–Trinajstić information content (AvgIpc) is 3.58. The van der Waals surface area contributed by atoms with Crippen LogP contribution in [0.15, 0.2) is 47.4 Å². The number of carbonyl (C=O) groups is 1. The summed E-state index contributed by atoms with van der Waals surface area (Å²) in [6.45, 7) is 4.33. The molecule has 0 spiro atoms. The number of halogens is 3. The minimum atomic E-state index is -3.99. The lowest BCUT2D eigenvalue weighted by molar-refractivity contribution is -0.121. The Hall–Kier alpha value is -2.93. The number of rotatable bonds is 7. The molecule has 13 heteroatoms. The third-order valence-corrected chi connectivity index (χ3v) is 9.65. The summed E-state index contributed by atoms with van der Waals surface area (Å²) in [5, 5.41) is 4.99. The second kappa shape index (κ2) is 10.3. The van der Waals surface area contributed by atoms with Crippen molar-refractivity contribution in [2.24, 2.45) is 0 Å². The molecule has 1 atom stereocenters. The van der Waals surface area contributed by atoms with Gasteiger partial charge in [-0.3, -0.25) is 14.4 Å². The molecule has 1 fully saturated rings. The Bertz CT molecular complexity index is 1620. The van der Waals surface area contributed by atoms with E-state index in [1.54, 1.807) is 4.68 Å². The number of anilines is 1. The minimum absolute atomic E-state index is 0.0355. The highest BCUT2D eigenvalue weighted by Crippen LogP contribution is 2.34. The molecule has 0 bridgehead atoms. The molecule has 1 saturated heterocycles. The molecule has 3 heterocycles. The van der Waals surface area contributed by atoms with Crippen molar-refractivity contribution < 1.29 is 22.0 Å². The number of nitrogens with zero attached hydrogens (tertiary/aromatic N) is 5. The molecule has 1 aliphatic heterocycles. The summed E-state index contributed by atoms with van der Waals surface area (Å²) in [7, 11) is -3.99. The van der Waals surface area contributed by atoms with Crippen LogP contribution in [0.3, 0.4) is 0 Å². The number of amides is 1. The first-order valence-electron chi connectivity index (χ1n) is 11.9. The van der Waals surface area contributed by atoms with E-state index in [0.29, 0.717) is 24.4 Å². The van der Waals surface area contributed by atoms with E-state index in [-0.39, 0.29) is 33.3 Å². The molecule has 5 rings (SSSR count). The van der Waals surface area contributed by atoms with E-state index in [4.69, 9.17) is 11.6 Å². The number of hydrogen-bond acceptors (Lipinski definition) is 6. The van der Waals surface area contributed by atoms with Gasteiger partial charge in [0.2, 0.25) is 15.9 Å². The lowest BCUT2D eigenvalue weighted by atomic mass is 10.2. The fraction of sp³-hybridized carbons (Fsp3) is 0.320. The number of thiazole rings is 1. The second-order valence-corrected chi connectivity index (χ2v) is 12.4. The number of carbonyl (C=O) groups excluding carboxylic acids is 1. The molecule has 1 unspecified atom stereocenters. The first kappa shape index (κ1) is 26.7. The normalized spacial score (nSPS) is 16.4. The van der Waals surface area contributed by atoms with Crippen LogP contribution in [0.5, 0.6) is 0 Å². The van der Waals surface area contributed by atoms with Crippen LogP contribution in [-0.2, 0) is 21.4 Å². The SMILES string of the molecule is Cc1cc(C)n(CCN(C(=O)C2CCCN2S(=O)(=O)c2ccc(Cl)cc2)c2nc3c(F)cc(F)cc3s2)n1. The Balaban J connectivity index is 1.51. The molecule has 0 aliphatic carbocycles. The van der Waals surface area contributed by atoms with E-state index in [9.17, 15) is 22.0 Å². The van der Waals surface area contributed by atoms with Gasteiger partial charge in [0.05, 0.1) is 21.8 Å². The molecule has 2 aromatic carbocycles. The predicted molar refractivity (Wildman–Crippen MR) is 142 cm³/mol. The van der Waals surface area contributed by atoms with Gasteiger partial charge in [0, 0.05) is 29.9 Å². The molecule has 0 radical (unpaired) electrons. The van der Waals surface area contributed by atoms with Crippen molar-refractivity contribution in [3.8, 4) is 0 Å². The van der Waals surface area contributed by atoms with Gasteiger partial charge in [-0.15, -0.1) is 0 Å². The van der Waals surface area contributed by atoms with Crippen LogP contribution < -0.4 is 4.90 Å². The topological polar surface area (TPSA) is 88.4 Å². The maximum Gasteiger partial charge on any atom is 0.247 e. The zero-order valence-corrected chi connectivity index (χ0v) is 23.0. The quantitative estimate of drug-likeness (QED) is 0.310. The van der Waals surface area contributed by atoms with E-state index >= 15 is 0 Å². The fourth-order valence-electron chi connectivity index (χ4n) is 4.65. The summed E-state index contributed by atoms with van der Waals surface area (Å²) in [6, 6.07) is 8.60. The largest absolute Gasteiger partial charge is 0.285 e. The maximum absolute atomic E-state index is 14.5. The van der Waals surface area contributed by atoms with Crippen molar-refractivity contribution in [1.29, 1.82) is 0 Å². The molecular formula is C25H24ClF2N5O3S2. The van der Waals surface area contributed by atoms with Crippen molar-refractivity contribution >= 4 is 54.2 Å². The molecular weight excluding hydrogens is 556 g/mol. The Morgan fingerprint density at radius 3 is 2.61 bits per heavy atom. The molecule has 38 heavy (non-hydrogen) atoms. The molecule has 1 aliphatic rings. The monoisotopic (exact) mass is 579 g/mol. The molecule has 200 valence electrons. The summed E-state index contributed by atoms with van der Waals surface area (Å²) in [5.74, 6) is -2.07. The van der Waals surface area contributed by atoms with Crippen molar-refractivity contribution in [3.63, 3.8) is 0 Å². The van der Waals surface area contributed by atoms with Crippen molar-refractivity contribution in [2.45, 2.75) is 44.2 Å². The highest BCUT2D eigenvalue weighted by molar-refractivity contribution is 7.89. The van der Waals surface area contributed by atoms with Crippen LogP contribution in [-0.4, -0.2) is 52.5 Å². The standard InChI is InChI=1S/C25H24ClF2N5O3S2/c1-15-12-16(2)32(30-15)11-10-31(25-29-23-20(28)13-18(27)14-22(23)37-25)24(34)21-4-3-9-33(21)38(35,36)19-7-5-17(26)6-8-19/h5-8,12-14,21H,3-4,9-11H2,1-2H3. The lowest BCUT2D eigenvalue weighted by Gasteiger charge is -2.28. The van der Waals surface area contributed by atoms with Gasteiger partial charge in [-0.05, 0) is 63.1 Å². The number of sulfonamides is 1. The smallest absolute Gasteiger partial charge is 0.247 e. The minimum Gasteiger partial charge on any atom is -0.285 e. The van der Waals surface area contributed by atoms with Gasteiger partial charge in [-0.25, -0.2) is 22.2 Å². The molecule has 2 aromatic heterocycles. The van der Waals surface area contributed by atoms with Crippen LogP contribution >= 0.6 is 22.9 Å². The highest BCUT2D eigenvalue weighted by Gasteiger charge is 2.42. The summed E-state index contributed by atoms with van der Waals surface area (Å²) in [4.78, 5) is 19.7. The van der Waals surface area contributed by atoms with Crippen LogP contribution in [0.2, 0.25) is 5.02 Å². The zero-order chi connectivity index (χ0) is 27.2. The van der Waals surface area contributed by atoms with E-state index < -0.39 is 33.6 Å². The average molecular weight is 580 g/mol. The van der Waals surface area contributed by atoms with Crippen LogP contribution in [0, 0.1) is 25.5 Å². The first-order chi connectivity index (χ1) is 18.0. The molecule has 0 N–H and O–H groups in total. The Labute approximate surface area is 227 Å². The van der Waals surface area contributed by atoms with Gasteiger partial charge in [0.25, 0.3) is 0 Å². The fourth-order valence-corrected chi connectivity index (χ4v) is 7.47. The van der Waals surface area contributed by atoms with Crippen molar-refractivity contribution in [1.82, 2.24) is 19.1 Å². The summed E-state index contributed by atoms with van der Waals surface area (Å²) < 4.78 is 58.4. The number of aromatic nitrogens is 3. The second-order valence-electron chi connectivity index (χ2n) is 9.10. The van der Waals surface area contributed by atoms with Crippen LogP contribution in [0.1, 0.15) is 24.2 Å². The van der Waals surface area contributed by atoms with Gasteiger partial charge in [-0.2, -0.15) is 9.40 Å². The van der Waals surface area contributed by atoms with E-state index in [1.807, 2.05) is 19.9 Å². The van der Waals surface area contributed by atoms with E-state index in [1.165, 1.54) is 33.5 Å². The molecule has 4 aromatic rings. The van der Waals surface area contributed by atoms with Gasteiger partial charge in [0.15, 0.2) is 10.9 Å². The number of aryl methyl sites for hydroxylation is 2. The Morgan fingerprint density at radius 2 is 1.92 bits per heavy atom. The summed E-state index contributed by atoms with van der Waals surface area (Å²) in [5.41, 5.74) is 1.65. The first-order valence-corrected chi connectivity index (χ1v) is 14.5. The predicted octanol–water partition coefficient (Wildman–Crippen LogP) is 4.93. The van der Waals surface area contributed by atoms with E-state index in [0.717, 1.165) is 34.9 Å². The Morgan fingerprint density at radius 1 is 1.18 bits per heavy atom. The third-order valence-electron chi connectivity index (χ3n) is 6.45. The van der Waals surface area contributed by atoms with Crippen molar-refractivity contribution in [3.05, 3.63) is 70.5 Å². The maximum atomic E-state index is 14.5. The van der Waals surface area contributed by atoms with Crippen LogP contribution in [0.4, 0.5) is 13.9 Å². The van der Waals surface area contributed by atoms with Gasteiger partial charge in [0.1, 0.15) is 17.4 Å². The molecule has 0 saturated carbocycles. The number of hydrogen-bond donors (Lipinski definition) is 0. The van der Waals surface area contributed by atoms with Crippen molar-refractivity contribution in [2.75, 3.05) is 18.0 Å². The van der Waals surface area contributed by atoms with E-state index in [2.05, 4.69) is 10.1 Å². The highest BCUT2D eigenvalue weighted by atomic mass is 35.5. The Kier molecular flexibility index (Phi) is 7.25. The zero-order valence-electron chi connectivity index (χ0n) is 20.6. The number of benzene rings is 2. The van der Waals surface area contributed by atoms with Gasteiger partial charge < -0.3 is 0 Å². The summed E-state index contributed by atoms with van der Waals surface area (Å²) >= 11 is 6.90. The van der Waals surface area contributed by atoms with Gasteiger partial charge in [-0.1, -0.05) is 22.9 Å². The third kappa shape index (κ3) is 5.05. The number of fused-ring (bicyclic) bond motifs is 1. The van der Waals surface area contributed by atoms with Crippen LogP contribution in [0.25, 0.3) is 10.2 Å². The lowest BCUT2D eigenvalue weighted by Crippen LogP contribution is -2.48. The molecule has 1 amide bonds.